The van der Waals surface area contributed by atoms with Crippen LogP contribution in [-0.4, -0.2) is 17.2 Å². The molecule has 1 aromatic carbocycles. The quantitative estimate of drug-likeness (QED) is 0.805. The largest absolute Gasteiger partial charge is 0.479 e. The summed E-state index contributed by atoms with van der Waals surface area (Å²) in [5.41, 5.74) is 0.997. The van der Waals surface area contributed by atoms with E-state index in [0.717, 1.165) is 12.0 Å². The van der Waals surface area contributed by atoms with Crippen molar-refractivity contribution in [2.45, 2.75) is 33.0 Å². The molecule has 0 aliphatic rings. The van der Waals surface area contributed by atoms with E-state index in [1.165, 1.54) is 0 Å². The second-order valence-corrected chi connectivity index (χ2v) is 3.94. The summed E-state index contributed by atoms with van der Waals surface area (Å²) in [6, 6.07) is 9.60. The third-order valence-electron chi connectivity index (χ3n) is 2.68. The van der Waals surface area contributed by atoms with Crippen molar-refractivity contribution in [3.63, 3.8) is 0 Å². The maximum Gasteiger partial charge on any atom is 0.333 e. The summed E-state index contributed by atoms with van der Waals surface area (Å²) < 4.78 is 5.44. The summed E-state index contributed by atoms with van der Waals surface area (Å²) in [4.78, 5) is 11.0. The summed E-state index contributed by atoms with van der Waals surface area (Å²) in [7, 11) is 0. The minimum Gasteiger partial charge on any atom is -0.479 e. The molecule has 3 nitrogen and oxygen atoms in total. The predicted octanol–water partition coefficient (Wildman–Crippen LogP) is 2.70. The zero-order valence-corrected chi connectivity index (χ0v) is 9.72. The van der Waals surface area contributed by atoms with Crippen molar-refractivity contribution in [3.05, 3.63) is 35.9 Å². The van der Waals surface area contributed by atoms with Crippen molar-refractivity contribution in [3.8, 4) is 0 Å². The van der Waals surface area contributed by atoms with E-state index in [9.17, 15) is 4.79 Å². The molecule has 0 heterocycles. The van der Waals surface area contributed by atoms with Gasteiger partial charge in [0, 0.05) is 0 Å². The Morgan fingerprint density at radius 3 is 2.50 bits per heavy atom. The first kappa shape index (κ1) is 12.7. The number of rotatable bonds is 6. The Bertz CT molecular complexity index is 321. The van der Waals surface area contributed by atoms with Crippen LogP contribution < -0.4 is 0 Å². The lowest BCUT2D eigenvalue weighted by atomic mass is 10.0. The van der Waals surface area contributed by atoms with E-state index in [-0.39, 0.29) is 5.92 Å². The summed E-state index contributed by atoms with van der Waals surface area (Å²) in [5, 5.41) is 9.03. The maximum atomic E-state index is 11.0. The molecule has 2 atom stereocenters. The molecule has 0 amide bonds. The van der Waals surface area contributed by atoms with E-state index >= 15 is 0 Å². The zero-order valence-electron chi connectivity index (χ0n) is 9.72. The van der Waals surface area contributed by atoms with Gasteiger partial charge in [0.1, 0.15) is 0 Å². The van der Waals surface area contributed by atoms with E-state index in [0.29, 0.717) is 6.61 Å². The van der Waals surface area contributed by atoms with Crippen LogP contribution in [0.1, 0.15) is 25.8 Å². The van der Waals surface area contributed by atoms with Gasteiger partial charge in [-0.1, -0.05) is 50.6 Å². The first-order valence-corrected chi connectivity index (χ1v) is 5.53. The Kier molecular flexibility index (Phi) is 4.99. The molecule has 0 spiro atoms. The van der Waals surface area contributed by atoms with Crippen LogP contribution in [0.5, 0.6) is 0 Å². The summed E-state index contributed by atoms with van der Waals surface area (Å²) in [6.45, 7) is 4.21. The normalized spacial score (nSPS) is 14.4. The number of aliphatic carboxylic acids is 1. The van der Waals surface area contributed by atoms with Crippen LogP contribution >= 0.6 is 0 Å². The topological polar surface area (TPSA) is 46.5 Å². The van der Waals surface area contributed by atoms with Gasteiger partial charge < -0.3 is 9.84 Å². The number of ether oxygens (including phenoxy) is 1. The van der Waals surface area contributed by atoms with Gasteiger partial charge in [-0.05, 0) is 11.5 Å². The third kappa shape index (κ3) is 3.66. The van der Waals surface area contributed by atoms with Crippen LogP contribution in [0.4, 0.5) is 0 Å². The lowest BCUT2D eigenvalue weighted by molar-refractivity contribution is -0.155. The number of benzene rings is 1. The summed E-state index contributed by atoms with van der Waals surface area (Å²) in [6.07, 6.45) is 0.0800. The average molecular weight is 222 g/mol. The third-order valence-corrected chi connectivity index (χ3v) is 2.68. The molecule has 0 fully saturated rings. The smallest absolute Gasteiger partial charge is 0.333 e. The first-order chi connectivity index (χ1) is 7.65. The molecule has 88 valence electrons. The molecule has 0 unspecified atom stereocenters. The molecular formula is C13H18O3. The van der Waals surface area contributed by atoms with Gasteiger partial charge >= 0.3 is 5.97 Å². The van der Waals surface area contributed by atoms with E-state index in [2.05, 4.69) is 0 Å². The van der Waals surface area contributed by atoms with E-state index in [1.807, 2.05) is 44.2 Å². The molecule has 3 heteroatoms. The number of carboxylic acids is 1. The van der Waals surface area contributed by atoms with Crippen LogP contribution in [-0.2, 0) is 16.1 Å². The predicted molar refractivity (Wildman–Crippen MR) is 62.1 cm³/mol. The second-order valence-electron chi connectivity index (χ2n) is 3.94. The van der Waals surface area contributed by atoms with Crippen LogP contribution in [0.3, 0.4) is 0 Å². The van der Waals surface area contributed by atoms with E-state index in [4.69, 9.17) is 9.84 Å². The molecule has 0 aliphatic carbocycles. The number of carboxylic acid groups (broad SMARTS) is 1. The fourth-order valence-electron chi connectivity index (χ4n) is 1.45. The van der Waals surface area contributed by atoms with Gasteiger partial charge in [-0.15, -0.1) is 0 Å². The molecule has 0 saturated heterocycles. The molecule has 1 rings (SSSR count). The second kappa shape index (κ2) is 6.28. The van der Waals surface area contributed by atoms with Crippen LogP contribution in [0.2, 0.25) is 0 Å². The highest BCUT2D eigenvalue weighted by atomic mass is 16.5. The van der Waals surface area contributed by atoms with Gasteiger partial charge in [0.2, 0.25) is 0 Å². The number of hydrogen-bond acceptors (Lipinski definition) is 2. The summed E-state index contributed by atoms with van der Waals surface area (Å²) in [5.74, 6) is -0.855. The van der Waals surface area contributed by atoms with E-state index < -0.39 is 12.1 Å². The Hall–Kier alpha value is -1.35. The van der Waals surface area contributed by atoms with Gasteiger partial charge in [0.25, 0.3) is 0 Å². The van der Waals surface area contributed by atoms with Gasteiger partial charge in [-0.3, -0.25) is 0 Å². The fraction of sp³-hybridized carbons (Fsp3) is 0.462. The molecule has 1 N–H and O–H groups in total. The molecule has 0 saturated carbocycles. The molecular weight excluding hydrogens is 204 g/mol. The highest BCUT2D eigenvalue weighted by molar-refractivity contribution is 5.72. The van der Waals surface area contributed by atoms with Crippen molar-refractivity contribution < 1.29 is 14.6 Å². The maximum absolute atomic E-state index is 11.0. The van der Waals surface area contributed by atoms with Crippen molar-refractivity contribution in [1.82, 2.24) is 0 Å². The van der Waals surface area contributed by atoms with Crippen molar-refractivity contribution >= 4 is 5.97 Å². The minimum atomic E-state index is -0.884. The van der Waals surface area contributed by atoms with Crippen molar-refractivity contribution in [2.75, 3.05) is 0 Å². The molecule has 0 aromatic heterocycles. The molecule has 0 bridgehead atoms. The molecule has 0 radical (unpaired) electrons. The minimum absolute atomic E-state index is 0.0289. The monoisotopic (exact) mass is 222 g/mol. The van der Waals surface area contributed by atoms with Crippen molar-refractivity contribution in [1.29, 1.82) is 0 Å². The van der Waals surface area contributed by atoms with E-state index in [1.54, 1.807) is 0 Å². The highest BCUT2D eigenvalue weighted by Gasteiger charge is 2.23. The Labute approximate surface area is 96.1 Å². The van der Waals surface area contributed by atoms with Gasteiger partial charge in [0.05, 0.1) is 6.61 Å². The Morgan fingerprint density at radius 2 is 2.00 bits per heavy atom. The first-order valence-electron chi connectivity index (χ1n) is 5.53. The van der Waals surface area contributed by atoms with Gasteiger partial charge in [0.15, 0.2) is 6.10 Å². The lowest BCUT2D eigenvalue weighted by Gasteiger charge is -2.19. The molecule has 0 aliphatic heterocycles. The van der Waals surface area contributed by atoms with Gasteiger partial charge in [-0.25, -0.2) is 4.79 Å². The SMILES string of the molecule is CC[C@H](C)[C@H](OCc1ccccc1)C(=O)O. The molecule has 1 aromatic rings. The number of hydrogen-bond donors (Lipinski definition) is 1. The zero-order chi connectivity index (χ0) is 12.0. The highest BCUT2D eigenvalue weighted by Crippen LogP contribution is 2.14. The van der Waals surface area contributed by atoms with Crippen LogP contribution in [0, 0.1) is 5.92 Å². The fourth-order valence-corrected chi connectivity index (χ4v) is 1.45. The lowest BCUT2D eigenvalue weighted by Crippen LogP contribution is -2.30. The molecule has 16 heavy (non-hydrogen) atoms. The van der Waals surface area contributed by atoms with Crippen molar-refractivity contribution in [2.24, 2.45) is 5.92 Å². The van der Waals surface area contributed by atoms with Gasteiger partial charge in [-0.2, -0.15) is 0 Å². The van der Waals surface area contributed by atoms with Crippen LogP contribution in [0.15, 0.2) is 30.3 Å². The average Bonchev–Trinajstić information content (AvgIpc) is 2.30. The Balaban J connectivity index is 2.54. The Morgan fingerprint density at radius 1 is 1.38 bits per heavy atom. The number of carbonyl (C=O) groups is 1. The standard InChI is InChI=1S/C13H18O3/c1-3-10(2)12(13(14)15)16-9-11-7-5-4-6-8-11/h4-8,10,12H,3,9H2,1-2H3,(H,14,15)/t10-,12-/m0/s1. The summed E-state index contributed by atoms with van der Waals surface area (Å²) >= 11 is 0. The van der Waals surface area contributed by atoms with Crippen LogP contribution in [0.25, 0.3) is 0 Å².